The number of aliphatic hydroxyl groups is 1. The number of nitrogens with one attached hydrogen (secondary N) is 1. The van der Waals surface area contributed by atoms with Crippen LogP contribution in [0.4, 0.5) is 5.69 Å². The summed E-state index contributed by atoms with van der Waals surface area (Å²) < 4.78 is 15.1. The van der Waals surface area contributed by atoms with E-state index in [1.807, 2.05) is 0 Å². The van der Waals surface area contributed by atoms with Gasteiger partial charge in [0.2, 0.25) is 0 Å². The molecule has 1 heterocycles. The predicted molar refractivity (Wildman–Crippen MR) is 126 cm³/mol. The van der Waals surface area contributed by atoms with Gasteiger partial charge >= 0.3 is 17.9 Å². The smallest absolute Gasteiger partial charge is 0.343 e. The molecule has 1 aliphatic rings. The molecule has 34 heavy (non-hydrogen) atoms. The fourth-order valence-corrected chi connectivity index (χ4v) is 3.58. The highest BCUT2D eigenvalue weighted by Crippen LogP contribution is 2.40. The fraction of sp³-hybridized carbons (Fsp3) is 0.360. The molecule has 0 bridgehead atoms. The standard InChI is InChI=1S/C25H30N2O7/c1-13(2)34-23(29)19(16(5)28)12-26-18-10-8-9-17(11-18)22-20(24(30)32-6)14(3)27-15(4)21(22)25(31)33-7/h8-13,22,27-28H,1-7H3/b19-16+,26-12?. The van der Waals surface area contributed by atoms with Crippen LogP contribution in [0, 0.1) is 0 Å². The Morgan fingerprint density at radius 2 is 1.62 bits per heavy atom. The quantitative estimate of drug-likeness (QED) is 0.203. The summed E-state index contributed by atoms with van der Waals surface area (Å²) in [6, 6.07) is 6.82. The monoisotopic (exact) mass is 470 g/mol. The summed E-state index contributed by atoms with van der Waals surface area (Å²) in [5.74, 6) is -2.88. The molecule has 0 aliphatic carbocycles. The van der Waals surface area contributed by atoms with Gasteiger partial charge in [0.25, 0.3) is 0 Å². The van der Waals surface area contributed by atoms with Gasteiger partial charge in [-0.15, -0.1) is 0 Å². The van der Waals surface area contributed by atoms with Gasteiger partial charge in [-0.05, 0) is 52.3 Å². The van der Waals surface area contributed by atoms with Crippen LogP contribution in [0.25, 0.3) is 0 Å². The van der Waals surface area contributed by atoms with Crippen molar-refractivity contribution in [3.63, 3.8) is 0 Å². The number of aliphatic imine (C=N–C) groups is 1. The molecular weight excluding hydrogens is 440 g/mol. The van der Waals surface area contributed by atoms with Crippen LogP contribution < -0.4 is 5.32 Å². The van der Waals surface area contributed by atoms with E-state index < -0.39 is 23.8 Å². The Morgan fingerprint density at radius 1 is 1.06 bits per heavy atom. The van der Waals surface area contributed by atoms with Crippen LogP contribution in [0.2, 0.25) is 0 Å². The number of ether oxygens (including phenoxy) is 3. The largest absolute Gasteiger partial charge is 0.512 e. The summed E-state index contributed by atoms with van der Waals surface area (Å²) in [5, 5.41) is 12.9. The molecule has 0 spiro atoms. The number of carbonyl (C=O) groups excluding carboxylic acids is 3. The van der Waals surface area contributed by atoms with Gasteiger partial charge in [0, 0.05) is 17.6 Å². The van der Waals surface area contributed by atoms with Crippen LogP contribution in [0.5, 0.6) is 0 Å². The number of carbonyl (C=O) groups is 3. The second kappa shape index (κ2) is 11.3. The first kappa shape index (κ1) is 26.4. The molecule has 0 saturated carbocycles. The molecule has 0 amide bonds. The maximum absolute atomic E-state index is 12.7. The lowest BCUT2D eigenvalue weighted by molar-refractivity contribution is -0.142. The van der Waals surface area contributed by atoms with Crippen molar-refractivity contribution in [3.8, 4) is 0 Å². The minimum absolute atomic E-state index is 0.0852. The summed E-state index contributed by atoms with van der Waals surface area (Å²) >= 11 is 0. The van der Waals surface area contributed by atoms with Crippen molar-refractivity contribution in [3.05, 3.63) is 63.7 Å². The molecule has 1 aromatic rings. The molecule has 0 saturated heterocycles. The topological polar surface area (TPSA) is 124 Å². The number of benzene rings is 1. The zero-order chi connectivity index (χ0) is 25.6. The van der Waals surface area contributed by atoms with Crippen molar-refractivity contribution < 1.29 is 33.7 Å². The van der Waals surface area contributed by atoms with Gasteiger partial charge in [0.15, 0.2) is 0 Å². The van der Waals surface area contributed by atoms with Gasteiger partial charge in [0.05, 0.1) is 43.1 Å². The van der Waals surface area contributed by atoms with Crippen molar-refractivity contribution in [2.24, 2.45) is 4.99 Å². The van der Waals surface area contributed by atoms with E-state index in [0.717, 1.165) is 0 Å². The van der Waals surface area contributed by atoms with Crippen LogP contribution in [0.15, 0.2) is 63.1 Å². The lowest BCUT2D eigenvalue weighted by atomic mass is 9.80. The third-order valence-electron chi connectivity index (χ3n) is 5.07. The average Bonchev–Trinajstić information content (AvgIpc) is 2.77. The summed E-state index contributed by atoms with van der Waals surface area (Å²) in [6.45, 7) is 8.21. The first-order valence-electron chi connectivity index (χ1n) is 10.6. The highest BCUT2D eigenvalue weighted by molar-refractivity contribution is 6.10. The number of aliphatic hydroxyl groups excluding tert-OH is 1. The zero-order valence-electron chi connectivity index (χ0n) is 20.4. The van der Waals surface area contributed by atoms with Crippen LogP contribution in [-0.2, 0) is 28.6 Å². The van der Waals surface area contributed by atoms with E-state index in [9.17, 15) is 19.5 Å². The van der Waals surface area contributed by atoms with Crippen molar-refractivity contribution in [2.75, 3.05) is 14.2 Å². The van der Waals surface area contributed by atoms with E-state index in [2.05, 4.69) is 10.3 Å². The summed E-state index contributed by atoms with van der Waals surface area (Å²) in [7, 11) is 2.54. The lowest BCUT2D eigenvalue weighted by Crippen LogP contribution is -2.32. The first-order chi connectivity index (χ1) is 16.0. The molecule has 1 aliphatic heterocycles. The number of methoxy groups -OCH3 is 2. The van der Waals surface area contributed by atoms with E-state index >= 15 is 0 Å². The fourth-order valence-electron chi connectivity index (χ4n) is 3.58. The second-order valence-electron chi connectivity index (χ2n) is 7.92. The number of dihydropyridines is 1. The van der Waals surface area contributed by atoms with Gasteiger partial charge in [-0.3, -0.25) is 4.99 Å². The van der Waals surface area contributed by atoms with Crippen LogP contribution in [0.3, 0.4) is 0 Å². The average molecular weight is 471 g/mol. The number of rotatable bonds is 7. The third-order valence-corrected chi connectivity index (χ3v) is 5.07. The first-order valence-corrected chi connectivity index (χ1v) is 10.6. The Labute approximate surface area is 198 Å². The van der Waals surface area contributed by atoms with Crippen molar-refractivity contribution in [2.45, 2.75) is 46.6 Å². The number of hydrogen-bond donors (Lipinski definition) is 2. The molecule has 9 heteroatoms. The molecule has 1 aromatic carbocycles. The Morgan fingerprint density at radius 3 is 2.09 bits per heavy atom. The Bertz CT molecular complexity index is 1070. The van der Waals surface area contributed by atoms with Crippen molar-refractivity contribution >= 4 is 29.8 Å². The highest BCUT2D eigenvalue weighted by atomic mass is 16.5. The van der Waals surface area contributed by atoms with Gasteiger partial charge in [-0.25, -0.2) is 14.4 Å². The number of nitrogens with zero attached hydrogens (tertiary/aromatic N) is 1. The Kier molecular flexibility index (Phi) is 8.77. The molecule has 0 atom stereocenters. The minimum atomic E-state index is -0.767. The SMILES string of the molecule is COC(=O)C1=C(C)NC(C)=C(C(=O)OC)C1c1cccc(N=C/C(C(=O)OC(C)C)=C(/C)O)c1. The van der Waals surface area contributed by atoms with E-state index in [-0.39, 0.29) is 28.6 Å². The molecule has 0 aromatic heterocycles. The van der Waals surface area contributed by atoms with Crippen LogP contribution in [0.1, 0.15) is 46.1 Å². The number of esters is 3. The molecule has 2 N–H and O–H groups in total. The number of allylic oxidation sites excluding steroid dienone is 3. The van der Waals surface area contributed by atoms with E-state index in [0.29, 0.717) is 22.6 Å². The third kappa shape index (κ3) is 5.92. The van der Waals surface area contributed by atoms with Crippen LogP contribution in [-0.4, -0.2) is 49.6 Å². The van der Waals surface area contributed by atoms with Gasteiger partial charge in [-0.2, -0.15) is 0 Å². The normalized spacial score (nSPS) is 15.3. The Hall–Kier alpha value is -3.88. The second-order valence-corrected chi connectivity index (χ2v) is 7.92. The number of hydrogen-bond acceptors (Lipinski definition) is 9. The molecule has 9 nitrogen and oxygen atoms in total. The highest BCUT2D eigenvalue weighted by Gasteiger charge is 2.37. The van der Waals surface area contributed by atoms with Gasteiger partial charge < -0.3 is 24.6 Å². The lowest BCUT2D eigenvalue weighted by Gasteiger charge is -2.30. The molecule has 0 fully saturated rings. The van der Waals surface area contributed by atoms with E-state index in [4.69, 9.17) is 14.2 Å². The molecule has 2 rings (SSSR count). The molecular formula is C25H30N2O7. The molecule has 182 valence electrons. The van der Waals surface area contributed by atoms with Gasteiger partial charge in [-0.1, -0.05) is 12.1 Å². The van der Waals surface area contributed by atoms with Crippen molar-refractivity contribution in [1.29, 1.82) is 0 Å². The zero-order valence-corrected chi connectivity index (χ0v) is 20.4. The summed E-state index contributed by atoms with van der Waals surface area (Å²) in [4.78, 5) is 41.9. The molecule has 0 unspecified atom stereocenters. The minimum Gasteiger partial charge on any atom is -0.512 e. The Balaban J connectivity index is 2.57. The predicted octanol–water partition coefficient (Wildman–Crippen LogP) is 3.75. The maximum Gasteiger partial charge on any atom is 0.343 e. The molecule has 0 radical (unpaired) electrons. The van der Waals surface area contributed by atoms with Gasteiger partial charge in [0.1, 0.15) is 11.3 Å². The van der Waals surface area contributed by atoms with E-state index in [1.165, 1.54) is 27.4 Å². The van der Waals surface area contributed by atoms with E-state index in [1.54, 1.807) is 52.0 Å². The summed E-state index contributed by atoms with van der Waals surface area (Å²) in [6.07, 6.45) is 0.851. The van der Waals surface area contributed by atoms with Crippen LogP contribution >= 0.6 is 0 Å². The maximum atomic E-state index is 12.7. The summed E-state index contributed by atoms with van der Waals surface area (Å²) in [5.41, 5.74) is 2.56. The van der Waals surface area contributed by atoms with Crippen molar-refractivity contribution in [1.82, 2.24) is 5.32 Å².